The maximum Gasteiger partial charge on any atom is 0.0113 e. The Balaban J connectivity index is 1.43. The van der Waals surface area contributed by atoms with Gasteiger partial charge in [-0.2, -0.15) is 0 Å². The molecule has 0 amide bonds. The molecule has 19 heavy (non-hydrogen) atoms. The van der Waals surface area contributed by atoms with Crippen LogP contribution < -0.4 is 5.73 Å². The predicted molar refractivity (Wildman–Crippen MR) is 80.2 cm³/mol. The third-order valence-electron chi connectivity index (χ3n) is 5.72. The predicted octanol–water partition coefficient (Wildman–Crippen LogP) is 2.21. The minimum absolute atomic E-state index is 0.482. The molecule has 3 rings (SSSR count). The average Bonchev–Trinajstić information content (AvgIpc) is 2.64. The van der Waals surface area contributed by atoms with Crippen LogP contribution in [0.2, 0.25) is 0 Å². The SMILES string of the molecule is CC1CCCCN1CCCN1C2CCC1CC(N)C2. The van der Waals surface area contributed by atoms with Gasteiger partial charge in [0.05, 0.1) is 0 Å². The van der Waals surface area contributed by atoms with Gasteiger partial charge < -0.3 is 10.6 Å². The smallest absolute Gasteiger partial charge is 0.0113 e. The highest BCUT2D eigenvalue weighted by molar-refractivity contribution is 4.96. The Kier molecular flexibility index (Phi) is 4.45. The first-order valence-electron chi connectivity index (χ1n) is 8.49. The number of rotatable bonds is 4. The second-order valence-electron chi connectivity index (χ2n) is 7.09. The number of piperidine rings is 2. The van der Waals surface area contributed by atoms with Crippen LogP contribution in [0.15, 0.2) is 0 Å². The van der Waals surface area contributed by atoms with Crippen molar-refractivity contribution in [2.45, 2.75) is 82.5 Å². The largest absolute Gasteiger partial charge is 0.328 e. The fraction of sp³-hybridized carbons (Fsp3) is 1.00. The van der Waals surface area contributed by atoms with E-state index in [0.717, 1.165) is 18.1 Å². The zero-order valence-electron chi connectivity index (χ0n) is 12.6. The standard InChI is InChI=1S/C16H31N3/c1-13-5-2-3-8-18(13)9-4-10-19-15-6-7-16(19)12-14(17)11-15/h13-16H,2-12,17H2,1H3. The zero-order valence-corrected chi connectivity index (χ0v) is 12.6. The van der Waals surface area contributed by atoms with Gasteiger partial charge in [0.2, 0.25) is 0 Å². The summed E-state index contributed by atoms with van der Waals surface area (Å²) in [5.74, 6) is 0. The minimum atomic E-state index is 0.482. The van der Waals surface area contributed by atoms with Gasteiger partial charge in [0.25, 0.3) is 0 Å². The molecule has 3 fully saturated rings. The van der Waals surface area contributed by atoms with E-state index < -0.39 is 0 Å². The monoisotopic (exact) mass is 265 g/mol. The van der Waals surface area contributed by atoms with Gasteiger partial charge in [-0.3, -0.25) is 4.90 Å². The van der Waals surface area contributed by atoms with Crippen molar-refractivity contribution in [3.63, 3.8) is 0 Å². The summed E-state index contributed by atoms with van der Waals surface area (Å²) >= 11 is 0. The molecular weight excluding hydrogens is 234 g/mol. The van der Waals surface area contributed by atoms with E-state index in [2.05, 4.69) is 16.7 Å². The molecule has 0 aromatic heterocycles. The second-order valence-corrected chi connectivity index (χ2v) is 7.09. The lowest BCUT2D eigenvalue weighted by atomic mass is 9.98. The molecule has 3 aliphatic heterocycles. The van der Waals surface area contributed by atoms with Crippen LogP contribution in [-0.4, -0.2) is 53.6 Å². The first kappa shape index (κ1) is 13.8. The lowest BCUT2D eigenvalue weighted by Crippen LogP contribution is -2.48. The molecule has 110 valence electrons. The fourth-order valence-corrected chi connectivity index (χ4v) is 4.63. The van der Waals surface area contributed by atoms with Crippen molar-refractivity contribution in [1.82, 2.24) is 9.80 Å². The highest BCUT2D eigenvalue weighted by Crippen LogP contribution is 2.35. The first-order valence-corrected chi connectivity index (χ1v) is 8.49. The average molecular weight is 265 g/mol. The van der Waals surface area contributed by atoms with Gasteiger partial charge in [-0.15, -0.1) is 0 Å². The maximum absolute atomic E-state index is 6.15. The van der Waals surface area contributed by atoms with Crippen LogP contribution >= 0.6 is 0 Å². The molecule has 3 saturated heterocycles. The van der Waals surface area contributed by atoms with E-state index in [-0.39, 0.29) is 0 Å². The lowest BCUT2D eigenvalue weighted by molar-refractivity contribution is 0.107. The van der Waals surface area contributed by atoms with Crippen molar-refractivity contribution >= 4 is 0 Å². The minimum Gasteiger partial charge on any atom is -0.328 e. The number of nitrogens with zero attached hydrogens (tertiary/aromatic N) is 2. The van der Waals surface area contributed by atoms with Crippen molar-refractivity contribution in [1.29, 1.82) is 0 Å². The molecule has 3 heterocycles. The van der Waals surface area contributed by atoms with Crippen molar-refractivity contribution in [3.05, 3.63) is 0 Å². The summed E-state index contributed by atoms with van der Waals surface area (Å²) in [6.07, 6.45) is 10.9. The molecule has 3 heteroatoms. The van der Waals surface area contributed by atoms with Gasteiger partial charge in [0.15, 0.2) is 0 Å². The van der Waals surface area contributed by atoms with Crippen LogP contribution in [-0.2, 0) is 0 Å². The highest BCUT2D eigenvalue weighted by Gasteiger charge is 2.38. The van der Waals surface area contributed by atoms with Crippen LogP contribution in [0.1, 0.15) is 58.3 Å². The molecular formula is C16H31N3. The normalized spacial score (nSPS) is 40.7. The van der Waals surface area contributed by atoms with Gasteiger partial charge in [0.1, 0.15) is 0 Å². The van der Waals surface area contributed by atoms with E-state index in [1.807, 2.05) is 0 Å². The van der Waals surface area contributed by atoms with Gasteiger partial charge >= 0.3 is 0 Å². The summed E-state index contributed by atoms with van der Waals surface area (Å²) in [4.78, 5) is 5.50. The topological polar surface area (TPSA) is 32.5 Å². The number of nitrogens with two attached hydrogens (primary N) is 1. The first-order chi connectivity index (χ1) is 9.24. The van der Waals surface area contributed by atoms with Crippen LogP contribution in [0.5, 0.6) is 0 Å². The van der Waals surface area contributed by atoms with E-state index in [4.69, 9.17) is 5.73 Å². The third-order valence-corrected chi connectivity index (χ3v) is 5.72. The highest BCUT2D eigenvalue weighted by atomic mass is 15.2. The molecule has 2 bridgehead atoms. The molecule has 0 aliphatic carbocycles. The Morgan fingerprint density at radius 2 is 1.74 bits per heavy atom. The second kappa shape index (κ2) is 6.11. The Hall–Kier alpha value is -0.120. The molecule has 3 unspecified atom stereocenters. The summed E-state index contributed by atoms with van der Waals surface area (Å²) in [5.41, 5.74) is 6.15. The molecule has 0 aromatic carbocycles. The molecule has 0 radical (unpaired) electrons. The maximum atomic E-state index is 6.15. The van der Waals surface area contributed by atoms with Crippen LogP contribution in [0.25, 0.3) is 0 Å². The van der Waals surface area contributed by atoms with Crippen LogP contribution in [0.3, 0.4) is 0 Å². The summed E-state index contributed by atoms with van der Waals surface area (Å²) in [7, 11) is 0. The van der Waals surface area contributed by atoms with Gasteiger partial charge in [-0.1, -0.05) is 6.42 Å². The zero-order chi connectivity index (χ0) is 13.2. The number of fused-ring (bicyclic) bond motifs is 2. The van der Waals surface area contributed by atoms with Crippen molar-refractivity contribution in [2.75, 3.05) is 19.6 Å². The molecule has 0 saturated carbocycles. The summed E-state index contributed by atoms with van der Waals surface area (Å²) in [5, 5.41) is 0. The van der Waals surface area contributed by atoms with Crippen molar-refractivity contribution in [3.8, 4) is 0 Å². The lowest BCUT2D eigenvalue weighted by Gasteiger charge is -2.39. The quantitative estimate of drug-likeness (QED) is 0.846. The van der Waals surface area contributed by atoms with Gasteiger partial charge in [-0.25, -0.2) is 0 Å². The number of hydrogen-bond donors (Lipinski definition) is 1. The van der Waals surface area contributed by atoms with Crippen molar-refractivity contribution in [2.24, 2.45) is 5.73 Å². The number of hydrogen-bond acceptors (Lipinski definition) is 3. The van der Waals surface area contributed by atoms with E-state index in [9.17, 15) is 0 Å². The van der Waals surface area contributed by atoms with Gasteiger partial charge in [-0.05, 0) is 71.5 Å². The molecule has 0 aromatic rings. The Bertz CT molecular complexity index is 280. The Labute approximate surface area is 118 Å². The van der Waals surface area contributed by atoms with E-state index in [0.29, 0.717) is 6.04 Å². The summed E-state index contributed by atoms with van der Waals surface area (Å²) < 4.78 is 0. The molecule has 0 spiro atoms. The summed E-state index contributed by atoms with van der Waals surface area (Å²) in [6, 6.07) is 2.93. The van der Waals surface area contributed by atoms with E-state index in [1.165, 1.54) is 71.0 Å². The third kappa shape index (κ3) is 3.14. The molecule has 3 nitrogen and oxygen atoms in total. The van der Waals surface area contributed by atoms with Crippen LogP contribution in [0.4, 0.5) is 0 Å². The Morgan fingerprint density at radius 3 is 2.42 bits per heavy atom. The Morgan fingerprint density at radius 1 is 1.00 bits per heavy atom. The summed E-state index contributed by atoms with van der Waals surface area (Å²) in [6.45, 7) is 6.36. The van der Waals surface area contributed by atoms with Gasteiger partial charge in [0, 0.05) is 24.2 Å². The van der Waals surface area contributed by atoms with E-state index >= 15 is 0 Å². The molecule has 3 atom stereocenters. The molecule has 3 aliphatic rings. The van der Waals surface area contributed by atoms with Crippen LogP contribution in [0, 0.1) is 0 Å². The van der Waals surface area contributed by atoms with Crippen molar-refractivity contribution < 1.29 is 0 Å². The van der Waals surface area contributed by atoms with E-state index in [1.54, 1.807) is 0 Å². The molecule has 2 N–H and O–H groups in total. The number of likely N-dealkylation sites (tertiary alicyclic amines) is 1. The fourth-order valence-electron chi connectivity index (χ4n) is 4.63.